The van der Waals surface area contributed by atoms with Crippen LogP contribution in [0.25, 0.3) is 0 Å². The summed E-state index contributed by atoms with van der Waals surface area (Å²) in [4.78, 5) is 3.84. The molecule has 0 saturated carbocycles. The standard InChI is InChI=1S/C5H8N2O/c1-8-5-4-6-2-3-7-5/h2-5,7H,1H3. The summed E-state index contributed by atoms with van der Waals surface area (Å²) in [5.74, 6) is 0. The number of hydrogen-bond acceptors (Lipinski definition) is 3. The van der Waals surface area contributed by atoms with E-state index in [0.717, 1.165) is 0 Å². The van der Waals surface area contributed by atoms with Gasteiger partial charge in [-0.25, -0.2) is 0 Å². The molecule has 0 aromatic carbocycles. The maximum atomic E-state index is 4.88. The van der Waals surface area contributed by atoms with Gasteiger partial charge in [-0.3, -0.25) is 4.99 Å². The first-order valence-corrected chi connectivity index (χ1v) is 2.40. The number of aliphatic imine (C=N–C) groups is 1. The molecule has 44 valence electrons. The van der Waals surface area contributed by atoms with Crippen LogP contribution in [0.5, 0.6) is 0 Å². The highest BCUT2D eigenvalue weighted by Crippen LogP contribution is 1.86. The van der Waals surface area contributed by atoms with Crippen LogP contribution in [0, 0.1) is 0 Å². The monoisotopic (exact) mass is 112 g/mol. The average Bonchev–Trinajstić information content (AvgIpc) is 1.90. The zero-order chi connectivity index (χ0) is 5.82. The Kier molecular flexibility index (Phi) is 1.64. The van der Waals surface area contributed by atoms with Crippen LogP contribution in [0.4, 0.5) is 0 Å². The van der Waals surface area contributed by atoms with Crippen molar-refractivity contribution >= 4 is 6.21 Å². The lowest BCUT2D eigenvalue weighted by atomic mass is 10.5. The first kappa shape index (κ1) is 5.31. The number of nitrogens with zero attached hydrogens (tertiary/aromatic N) is 1. The third kappa shape index (κ3) is 1.07. The summed E-state index contributed by atoms with van der Waals surface area (Å²) in [5, 5.41) is 2.92. The highest BCUT2D eigenvalue weighted by atomic mass is 16.5. The predicted octanol–water partition coefficient (Wildman–Crippen LogP) is 0.104. The molecular weight excluding hydrogens is 104 g/mol. The summed E-state index contributed by atoms with van der Waals surface area (Å²) in [6.45, 7) is 0. The Morgan fingerprint density at radius 1 is 1.75 bits per heavy atom. The van der Waals surface area contributed by atoms with Crippen molar-refractivity contribution in [1.82, 2.24) is 5.32 Å². The fraction of sp³-hybridized carbons (Fsp3) is 0.400. The molecule has 0 amide bonds. The zero-order valence-corrected chi connectivity index (χ0v) is 4.66. The van der Waals surface area contributed by atoms with Crippen molar-refractivity contribution in [2.45, 2.75) is 6.23 Å². The van der Waals surface area contributed by atoms with Crippen molar-refractivity contribution < 1.29 is 4.74 Å². The van der Waals surface area contributed by atoms with E-state index in [1.165, 1.54) is 0 Å². The molecule has 1 N–H and O–H groups in total. The van der Waals surface area contributed by atoms with Crippen LogP contribution in [0.2, 0.25) is 0 Å². The lowest BCUT2D eigenvalue weighted by Gasteiger charge is -2.11. The third-order valence-corrected chi connectivity index (χ3v) is 0.896. The highest BCUT2D eigenvalue weighted by molar-refractivity contribution is 5.64. The minimum absolute atomic E-state index is 0.0417. The minimum Gasteiger partial charge on any atom is -0.360 e. The number of rotatable bonds is 1. The van der Waals surface area contributed by atoms with Gasteiger partial charge >= 0.3 is 0 Å². The van der Waals surface area contributed by atoms with E-state index in [0.29, 0.717) is 0 Å². The molecule has 0 bridgehead atoms. The second-order valence-electron chi connectivity index (χ2n) is 1.44. The Labute approximate surface area is 48.1 Å². The highest BCUT2D eigenvalue weighted by Gasteiger charge is 1.98. The maximum Gasteiger partial charge on any atom is 0.163 e. The Balaban J connectivity index is 2.40. The number of methoxy groups -OCH3 is 1. The van der Waals surface area contributed by atoms with E-state index in [2.05, 4.69) is 10.3 Å². The van der Waals surface area contributed by atoms with Crippen molar-refractivity contribution in [2.75, 3.05) is 7.11 Å². The van der Waals surface area contributed by atoms with Gasteiger partial charge < -0.3 is 10.1 Å². The summed E-state index contributed by atoms with van der Waals surface area (Å²) >= 11 is 0. The molecule has 8 heavy (non-hydrogen) atoms. The van der Waals surface area contributed by atoms with E-state index < -0.39 is 0 Å². The van der Waals surface area contributed by atoms with Gasteiger partial charge in [0.2, 0.25) is 0 Å². The Bertz CT molecular complexity index is 120. The molecular formula is C5H8N2O. The van der Waals surface area contributed by atoms with Crippen LogP contribution in [0.15, 0.2) is 17.4 Å². The fourth-order valence-corrected chi connectivity index (χ4v) is 0.481. The molecule has 1 rings (SSSR count). The molecule has 3 heteroatoms. The second-order valence-corrected chi connectivity index (χ2v) is 1.44. The van der Waals surface area contributed by atoms with Crippen molar-refractivity contribution in [3.05, 3.63) is 12.4 Å². The van der Waals surface area contributed by atoms with Gasteiger partial charge in [0, 0.05) is 19.5 Å². The van der Waals surface area contributed by atoms with Crippen LogP contribution in [-0.4, -0.2) is 19.6 Å². The van der Waals surface area contributed by atoms with Crippen molar-refractivity contribution in [3.63, 3.8) is 0 Å². The van der Waals surface area contributed by atoms with Crippen molar-refractivity contribution in [1.29, 1.82) is 0 Å². The topological polar surface area (TPSA) is 33.6 Å². The molecule has 0 aromatic rings. The van der Waals surface area contributed by atoms with Crippen LogP contribution < -0.4 is 5.32 Å². The lowest BCUT2D eigenvalue weighted by molar-refractivity contribution is 0.142. The normalized spacial score (nSPS) is 25.4. The number of nitrogens with one attached hydrogen (secondary N) is 1. The Morgan fingerprint density at radius 2 is 2.62 bits per heavy atom. The quantitative estimate of drug-likeness (QED) is 0.522. The van der Waals surface area contributed by atoms with E-state index in [9.17, 15) is 0 Å². The van der Waals surface area contributed by atoms with Crippen molar-refractivity contribution in [3.8, 4) is 0 Å². The molecule has 0 spiro atoms. The second kappa shape index (κ2) is 2.47. The minimum atomic E-state index is -0.0417. The summed E-state index contributed by atoms with van der Waals surface area (Å²) in [6, 6.07) is 0. The van der Waals surface area contributed by atoms with Gasteiger partial charge in [0.1, 0.15) is 0 Å². The van der Waals surface area contributed by atoms with Crippen molar-refractivity contribution in [2.24, 2.45) is 4.99 Å². The molecule has 0 aromatic heterocycles. The smallest absolute Gasteiger partial charge is 0.163 e. The Morgan fingerprint density at radius 3 is 3.00 bits per heavy atom. The molecule has 1 aliphatic rings. The largest absolute Gasteiger partial charge is 0.360 e. The molecule has 1 aliphatic heterocycles. The van der Waals surface area contributed by atoms with Gasteiger partial charge in [0.05, 0.1) is 6.21 Å². The van der Waals surface area contributed by atoms with Crippen LogP contribution in [0.1, 0.15) is 0 Å². The SMILES string of the molecule is COC1C=NC=CN1. The lowest BCUT2D eigenvalue weighted by Crippen LogP contribution is -2.29. The van der Waals surface area contributed by atoms with Gasteiger partial charge in [-0.1, -0.05) is 0 Å². The maximum absolute atomic E-state index is 4.88. The van der Waals surface area contributed by atoms with Gasteiger partial charge in [-0.2, -0.15) is 0 Å². The van der Waals surface area contributed by atoms with E-state index >= 15 is 0 Å². The zero-order valence-electron chi connectivity index (χ0n) is 4.66. The van der Waals surface area contributed by atoms with E-state index in [1.54, 1.807) is 25.7 Å². The number of hydrogen-bond donors (Lipinski definition) is 1. The molecule has 1 unspecified atom stereocenters. The Hall–Kier alpha value is -0.830. The molecule has 3 nitrogen and oxygen atoms in total. The van der Waals surface area contributed by atoms with E-state index in [1.807, 2.05) is 0 Å². The van der Waals surface area contributed by atoms with Gasteiger partial charge in [0.25, 0.3) is 0 Å². The van der Waals surface area contributed by atoms with Gasteiger partial charge in [-0.15, -0.1) is 0 Å². The molecule has 1 heterocycles. The third-order valence-electron chi connectivity index (χ3n) is 0.896. The van der Waals surface area contributed by atoms with E-state index in [-0.39, 0.29) is 6.23 Å². The number of ether oxygens (including phenoxy) is 1. The predicted molar refractivity (Wildman–Crippen MR) is 31.6 cm³/mol. The first-order valence-electron chi connectivity index (χ1n) is 2.40. The van der Waals surface area contributed by atoms with Gasteiger partial charge in [-0.05, 0) is 0 Å². The average molecular weight is 112 g/mol. The van der Waals surface area contributed by atoms with Crippen LogP contribution in [0.3, 0.4) is 0 Å². The first-order chi connectivity index (χ1) is 3.93. The summed E-state index contributed by atoms with van der Waals surface area (Å²) in [7, 11) is 1.63. The summed E-state index contributed by atoms with van der Waals surface area (Å²) in [5.41, 5.74) is 0. The van der Waals surface area contributed by atoms with Crippen LogP contribution >= 0.6 is 0 Å². The molecule has 0 saturated heterocycles. The summed E-state index contributed by atoms with van der Waals surface area (Å²) < 4.78 is 4.88. The van der Waals surface area contributed by atoms with E-state index in [4.69, 9.17) is 4.74 Å². The molecule has 1 atom stereocenters. The molecule has 0 radical (unpaired) electrons. The molecule has 0 fully saturated rings. The molecule has 0 aliphatic carbocycles. The summed E-state index contributed by atoms with van der Waals surface area (Å²) in [6.07, 6.45) is 5.07. The van der Waals surface area contributed by atoms with Crippen LogP contribution in [-0.2, 0) is 4.74 Å². The van der Waals surface area contributed by atoms with Gasteiger partial charge in [0.15, 0.2) is 6.23 Å². The fourth-order valence-electron chi connectivity index (χ4n) is 0.481.